The molecule has 0 bridgehead atoms. The van der Waals surface area contributed by atoms with Crippen molar-refractivity contribution in [1.82, 2.24) is 4.98 Å². The third-order valence-corrected chi connectivity index (χ3v) is 3.32. The van der Waals surface area contributed by atoms with Gasteiger partial charge in [-0.2, -0.15) is 5.26 Å². The Hall–Kier alpha value is -2.39. The Morgan fingerprint density at radius 2 is 1.95 bits per heavy atom. The van der Waals surface area contributed by atoms with Gasteiger partial charge in [-0.05, 0) is 37.3 Å². The van der Waals surface area contributed by atoms with Crippen molar-refractivity contribution < 1.29 is 14.3 Å². The zero-order valence-corrected chi connectivity index (χ0v) is 13.6. The van der Waals surface area contributed by atoms with Gasteiger partial charge in [-0.3, -0.25) is 0 Å². The number of nitrogens with zero attached hydrogens (tertiary/aromatic N) is 2. The highest BCUT2D eigenvalue weighted by atomic mass is 79.9. The molecule has 0 spiro atoms. The minimum Gasteiger partial charge on any atom is -0.465 e. The summed E-state index contributed by atoms with van der Waals surface area (Å²) in [5, 5.41) is 8.77. The number of esters is 1. The average molecular weight is 361 g/mol. The van der Waals surface area contributed by atoms with Gasteiger partial charge in [0.2, 0.25) is 5.88 Å². The summed E-state index contributed by atoms with van der Waals surface area (Å²) >= 11 is 3.41. The Morgan fingerprint density at radius 1 is 1.27 bits per heavy atom. The summed E-state index contributed by atoms with van der Waals surface area (Å²) < 4.78 is 10.4. The first-order valence-electron chi connectivity index (χ1n) is 6.46. The third kappa shape index (κ3) is 3.62. The van der Waals surface area contributed by atoms with Crippen LogP contribution in [-0.2, 0) is 4.74 Å². The first kappa shape index (κ1) is 16.0. The van der Waals surface area contributed by atoms with E-state index in [1.54, 1.807) is 36.4 Å². The molecular weight excluding hydrogens is 348 g/mol. The minimum atomic E-state index is -0.446. The Labute approximate surface area is 136 Å². The summed E-state index contributed by atoms with van der Waals surface area (Å²) in [5.41, 5.74) is 1.48. The first-order valence-corrected chi connectivity index (χ1v) is 7.38. The number of methoxy groups -OCH3 is 1. The molecule has 0 N–H and O–H groups in total. The standard InChI is InChI=1S/C16H13BrN2O3/c1-10(17)15-13(16(20)21-2)7-8-14(19-15)22-12-5-3-11(9-18)4-6-12/h3-8,10H,1-2H3. The predicted octanol–water partition coefficient (Wildman–Crippen LogP) is 3.99. The van der Waals surface area contributed by atoms with Crippen molar-refractivity contribution in [3.05, 3.63) is 53.2 Å². The molecule has 0 aliphatic carbocycles. The van der Waals surface area contributed by atoms with E-state index in [4.69, 9.17) is 14.7 Å². The van der Waals surface area contributed by atoms with E-state index < -0.39 is 5.97 Å². The van der Waals surface area contributed by atoms with E-state index in [0.717, 1.165) is 0 Å². The summed E-state index contributed by atoms with van der Waals surface area (Å²) in [4.78, 5) is 15.9. The molecular formula is C16H13BrN2O3. The van der Waals surface area contributed by atoms with Gasteiger partial charge in [-0.1, -0.05) is 15.9 Å². The molecule has 2 aromatic rings. The lowest BCUT2D eigenvalue weighted by molar-refractivity contribution is 0.0599. The van der Waals surface area contributed by atoms with E-state index in [-0.39, 0.29) is 4.83 Å². The largest absolute Gasteiger partial charge is 0.465 e. The first-order chi connectivity index (χ1) is 10.5. The Balaban J connectivity index is 2.30. The number of rotatable bonds is 4. The van der Waals surface area contributed by atoms with Gasteiger partial charge in [-0.25, -0.2) is 9.78 Å². The number of hydrogen-bond acceptors (Lipinski definition) is 5. The van der Waals surface area contributed by atoms with Gasteiger partial charge < -0.3 is 9.47 Å². The maximum Gasteiger partial charge on any atom is 0.339 e. The number of alkyl halides is 1. The number of aromatic nitrogens is 1. The summed E-state index contributed by atoms with van der Waals surface area (Å²) in [6.07, 6.45) is 0. The maximum atomic E-state index is 11.7. The van der Waals surface area contributed by atoms with Gasteiger partial charge in [0.1, 0.15) is 5.75 Å². The Kier molecular flexibility index (Phi) is 5.12. The van der Waals surface area contributed by atoms with Crippen LogP contribution < -0.4 is 4.74 Å². The van der Waals surface area contributed by atoms with Crippen LogP contribution in [0.4, 0.5) is 0 Å². The van der Waals surface area contributed by atoms with Crippen molar-refractivity contribution in [2.75, 3.05) is 7.11 Å². The van der Waals surface area contributed by atoms with E-state index in [1.807, 2.05) is 13.0 Å². The number of carbonyl (C=O) groups is 1. The molecule has 2 rings (SSSR count). The fraction of sp³-hybridized carbons (Fsp3) is 0.188. The molecule has 1 unspecified atom stereocenters. The van der Waals surface area contributed by atoms with Crippen molar-refractivity contribution in [2.24, 2.45) is 0 Å². The van der Waals surface area contributed by atoms with Crippen LogP contribution in [0.3, 0.4) is 0 Å². The molecule has 0 radical (unpaired) electrons. The molecule has 0 aliphatic rings. The van der Waals surface area contributed by atoms with E-state index in [1.165, 1.54) is 7.11 Å². The monoisotopic (exact) mass is 360 g/mol. The molecule has 6 heteroatoms. The maximum absolute atomic E-state index is 11.7. The molecule has 0 saturated heterocycles. The second-order valence-electron chi connectivity index (χ2n) is 4.43. The van der Waals surface area contributed by atoms with Crippen LogP contribution in [0, 0.1) is 11.3 Å². The number of pyridine rings is 1. The fourth-order valence-corrected chi connectivity index (χ4v) is 2.17. The highest BCUT2D eigenvalue weighted by Gasteiger charge is 2.18. The lowest BCUT2D eigenvalue weighted by Crippen LogP contribution is -2.08. The van der Waals surface area contributed by atoms with E-state index in [0.29, 0.717) is 28.5 Å². The van der Waals surface area contributed by atoms with Crippen LogP contribution in [0.25, 0.3) is 0 Å². The van der Waals surface area contributed by atoms with Gasteiger partial charge in [0.25, 0.3) is 0 Å². The van der Waals surface area contributed by atoms with Crippen LogP contribution in [0.1, 0.15) is 33.4 Å². The van der Waals surface area contributed by atoms with Gasteiger partial charge >= 0.3 is 5.97 Å². The lowest BCUT2D eigenvalue weighted by atomic mass is 10.1. The van der Waals surface area contributed by atoms with Crippen molar-refractivity contribution in [1.29, 1.82) is 5.26 Å². The summed E-state index contributed by atoms with van der Waals surface area (Å²) in [6, 6.07) is 11.9. The Bertz CT molecular complexity index is 721. The molecule has 0 aliphatic heterocycles. The van der Waals surface area contributed by atoms with Crippen molar-refractivity contribution in [3.8, 4) is 17.7 Å². The highest BCUT2D eigenvalue weighted by molar-refractivity contribution is 9.09. The van der Waals surface area contributed by atoms with Crippen molar-refractivity contribution in [2.45, 2.75) is 11.8 Å². The highest BCUT2D eigenvalue weighted by Crippen LogP contribution is 2.28. The smallest absolute Gasteiger partial charge is 0.339 e. The summed E-state index contributed by atoms with van der Waals surface area (Å²) in [7, 11) is 1.33. The molecule has 22 heavy (non-hydrogen) atoms. The van der Waals surface area contributed by atoms with E-state index in [2.05, 4.69) is 20.9 Å². The Morgan fingerprint density at radius 3 is 2.50 bits per heavy atom. The molecule has 1 heterocycles. The lowest BCUT2D eigenvalue weighted by Gasteiger charge is -2.11. The van der Waals surface area contributed by atoms with Crippen LogP contribution in [0.15, 0.2) is 36.4 Å². The normalized spacial score (nSPS) is 11.4. The zero-order valence-electron chi connectivity index (χ0n) is 12.0. The van der Waals surface area contributed by atoms with E-state index >= 15 is 0 Å². The van der Waals surface area contributed by atoms with Crippen LogP contribution in [0.2, 0.25) is 0 Å². The molecule has 1 aromatic heterocycles. The topological polar surface area (TPSA) is 72.2 Å². The minimum absolute atomic E-state index is 0.133. The van der Waals surface area contributed by atoms with Crippen LogP contribution in [-0.4, -0.2) is 18.1 Å². The third-order valence-electron chi connectivity index (χ3n) is 2.89. The number of nitriles is 1. The van der Waals surface area contributed by atoms with Crippen LogP contribution >= 0.6 is 15.9 Å². The average Bonchev–Trinajstić information content (AvgIpc) is 2.54. The van der Waals surface area contributed by atoms with Crippen molar-refractivity contribution in [3.63, 3.8) is 0 Å². The van der Waals surface area contributed by atoms with Gasteiger partial charge in [-0.15, -0.1) is 0 Å². The van der Waals surface area contributed by atoms with E-state index in [9.17, 15) is 4.79 Å². The van der Waals surface area contributed by atoms with Gasteiger partial charge in [0.05, 0.1) is 34.8 Å². The van der Waals surface area contributed by atoms with Gasteiger partial charge in [0.15, 0.2) is 0 Å². The molecule has 112 valence electrons. The second-order valence-corrected chi connectivity index (χ2v) is 5.80. The SMILES string of the molecule is COC(=O)c1ccc(Oc2ccc(C#N)cc2)nc1C(C)Br. The molecule has 0 amide bonds. The summed E-state index contributed by atoms with van der Waals surface area (Å²) in [6.45, 7) is 1.86. The zero-order chi connectivity index (χ0) is 16.1. The number of halogens is 1. The summed E-state index contributed by atoms with van der Waals surface area (Å²) in [5.74, 6) is 0.475. The molecule has 5 nitrogen and oxygen atoms in total. The second kappa shape index (κ2) is 7.05. The molecule has 0 fully saturated rings. The number of carbonyl (C=O) groups excluding carboxylic acids is 1. The van der Waals surface area contributed by atoms with Gasteiger partial charge in [0, 0.05) is 6.07 Å². The number of hydrogen-bond donors (Lipinski definition) is 0. The molecule has 0 saturated carbocycles. The molecule has 1 aromatic carbocycles. The molecule has 1 atom stereocenters. The van der Waals surface area contributed by atoms with Crippen LogP contribution in [0.5, 0.6) is 11.6 Å². The predicted molar refractivity (Wildman–Crippen MR) is 84.1 cm³/mol. The quantitative estimate of drug-likeness (QED) is 0.608. The van der Waals surface area contributed by atoms with Crippen molar-refractivity contribution >= 4 is 21.9 Å². The number of ether oxygens (including phenoxy) is 2. The number of benzene rings is 1. The fourth-order valence-electron chi connectivity index (χ4n) is 1.82.